The Hall–Kier alpha value is -1.18. The number of pyridine rings is 1. The Balaban J connectivity index is 2.30. The van der Waals surface area contributed by atoms with Gasteiger partial charge in [0, 0.05) is 17.9 Å². The van der Waals surface area contributed by atoms with Gasteiger partial charge >= 0.3 is 0 Å². The third-order valence-electron chi connectivity index (χ3n) is 3.22. The van der Waals surface area contributed by atoms with Gasteiger partial charge in [-0.1, -0.05) is 0 Å². The molecule has 1 fully saturated rings. The number of hydrogen-bond donors (Lipinski definition) is 3. The Morgan fingerprint density at radius 1 is 1.44 bits per heavy atom. The van der Waals surface area contributed by atoms with Gasteiger partial charge in [0.15, 0.2) is 0 Å². The molecule has 1 aromatic heterocycles. The SMILES string of the molecule is CC(C)(NS(=O)(=O)c1cnccc1NN)C1CC1. The zero-order valence-electron chi connectivity index (χ0n) is 10.5. The summed E-state index contributed by atoms with van der Waals surface area (Å²) in [5, 5.41) is 0. The number of nitrogen functional groups attached to an aromatic ring is 1. The maximum atomic E-state index is 12.3. The predicted octanol–water partition coefficient (Wildman–Crippen LogP) is 0.834. The van der Waals surface area contributed by atoms with E-state index in [9.17, 15) is 8.42 Å². The first-order valence-corrected chi connectivity index (χ1v) is 7.30. The standard InChI is InChI=1S/C11H18N4O2S/c1-11(2,8-3-4-8)15-18(16,17)10-7-13-6-5-9(10)14-12/h5-8,15H,3-4,12H2,1-2H3,(H,13,14). The van der Waals surface area contributed by atoms with E-state index >= 15 is 0 Å². The van der Waals surface area contributed by atoms with Gasteiger partial charge in [-0.05, 0) is 38.7 Å². The molecule has 0 aliphatic heterocycles. The Labute approximate surface area is 107 Å². The highest BCUT2D eigenvalue weighted by Gasteiger charge is 2.41. The summed E-state index contributed by atoms with van der Waals surface area (Å²) in [5.41, 5.74) is 2.27. The van der Waals surface area contributed by atoms with Crippen molar-refractivity contribution in [3.05, 3.63) is 18.5 Å². The van der Waals surface area contributed by atoms with Crippen LogP contribution in [0.3, 0.4) is 0 Å². The maximum Gasteiger partial charge on any atom is 0.244 e. The second-order valence-corrected chi connectivity index (χ2v) is 6.77. The molecule has 0 atom stereocenters. The summed E-state index contributed by atoms with van der Waals surface area (Å²) in [6.07, 6.45) is 4.90. The van der Waals surface area contributed by atoms with Crippen LogP contribution in [-0.2, 0) is 10.0 Å². The average Bonchev–Trinajstić information content (AvgIpc) is 3.11. The van der Waals surface area contributed by atoms with Crippen molar-refractivity contribution in [1.82, 2.24) is 9.71 Å². The summed E-state index contributed by atoms with van der Waals surface area (Å²) >= 11 is 0. The van der Waals surface area contributed by atoms with Gasteiger partial charge in [-0.15, -0.1) is 0 Å². The van der Waals surface area contributed by atoms with Crippen molar-refractivity contribution in [2.24, 2.45) is 11.8 Å². The Kier molecular flexibility index (Phi) is 3.31. The van der Waals surface area contributed by atoms with E-state index in [-0.39, 0.29) is 4.90 Å². The highest BCUT2D eigenvalue weighted by atomic mass is 32.2. The van der Waals surface area contributed by atoms with Crippen molar-refractivity contribution in [3.8, 4) is 0 Å². The minimum Gasteiger partial charge on any atom is -0.323 e. The molecule has 6 nitrogen and oxygen atoms in total. The monoisotopic (exact) mass is 270 g/mol. The van der Waals surface area contributed by atoms with Crippen LogP contribution in [0, 0.1) is 5.92 Å². The number of rotatable bonds is 5. The summed E-state index contributed by atoms with van der Waals surface area (Å²) < 4.78 is 27.3. The van der Waals surface area contributed by atoms with Gasteiger partial charge in [-0.2, -0.15) is 0 Å². The normalized spacial score (nSPS) is 16.6. The van der Waals surface area contributed by atoms with Crippen molar-refractivity contribution < 1.29 is 8.42 Å². The number of sulfonamides is 1. The summed E-state index contributed by atoms with van der Waals surface area (Å²) in [6.45, 7) is 3.79. The molecule has 100 valence electrons. The van der Waals surface area contributed by atoms with Crippen LogP contribution in [0.4, 0.5) is 5.69 Å². The van der Waals surface area contributed by atoms with Crippen LogP contribution in [0.25, 0.3) is 0 Å². The van der Waals surface area contributed by atoms with Crippen molar-refractivity contribution in [2.45, 2.75) is 37.1 Å². The van der Waals surface area contributed by atoms with Crippen LogP contribution in [0.2, 0.25) is 0 Å². The third-order valence-corrected chi connectivity index (χ3v) is 4.92. The minimum absolute atomic E-state index is 0.0706. The first kappa shape index (κ1) is 13.3. The molecule has 18 heavy (non-hydrogen) atoms. The highest BCUT2D eigenvalue weighted by molar-refractivity contribution is 7.89. The molecule has 1 aliphatic rings. The molecule has 0 spiro atoms. The molecule has 1 heterocycles. The van der Waals surface area contributed by atoms with Gasteiger partial charge in [0.2, 0.25) is 10.0 Å². The quantitative estimate of drug-likeness (QED) is 0.544. The summed E-state index contributed by atoms with van der Waals surface area (Å²) in [5.74, 6) is 5.71. The lowest BCUT2D eigenvalue weighted by atomic mass is 10.0. The first-order chi connectivity index (χ1) is 8.37. The molecular weight excluding hydrogens is 252 g/mol. The first-order valence-electron chi connectivity index (χ1n) is 5.81. The zero-order chi connectivity index (χ0) is 13.4. The lowest BCUT2D eigenvalue weighted by Crippen LogP contribution is -2.45. The molecule has 1 aromatic rings. The van der Waals surface area contributed by atoms with E-state index in [0.717, 1.165) is 12.8 Å². The molecule has 0 aromatic carbocycles. The molecule has 0 unspecified atom stereocenters. The van der Waals surface area contributed by atoms with E-state index in [2.05, 4.69) is 15.1 Å². The van der Waals surface area contributed by atoms with Crippen LogP contribution >= 0.6 is 0 Å². The number of hydrazine groups is 1. The van der Waals surface area contributed by atoms with E-state index in [1.165, 1.54) is 18.5 Å². The molecule has 7 heteroatoms. The van der Waals surface area contributed by atoms with Crippen molar-refractivity contribution in [2.75, 3.05) is 5.43 Å². The summed E-state index contributed by atoms with van der Waals surface area (Å²) in [7, 11) is -3.62. The van der Waals surface area contributed by atoms with Crippen molar-refractivity contribution >= 4 is 15.7 Å². The Morgan fingerprint density at radius 3 is 2.67 bits per heavy atom. The number of nitrogens with two attached hydrogens (primary N) is 1. The number of anilines is 1. The maximum absolute atomic E-state index is 12.3. The van der Waals surface area contributed by atoms with Gasteiger partial charge < -0.3 is 5.43 Å². The fraction of sp³-hybridized carbons (Fsp3) is 0.545. The Morgan fingerprint density at radius 2 is 2.11 bits per heavy atom. The number of nitrogens with one attached hydrogen (secondary N) is 2. The lowest BCUT2D eigenvalue weighted by molar-refractivity contribution is 0.400. The second kappa shape index (κ2) is 4.49. The fourth-order valence-electron chi connectivity index (χ4n) is 2.00. The van der Waals surface area contributed by atoms with E-state index in [0.29, 0.717) is 11.6 Å². The van der Waals surface area contributed by atoms with Crippen LogP contribution < -0.4 is 16.0 Å². The van der Waals surface area contributed by atoms with Crippen LogP contribution in [0.1, 0.15) is 26.7 Å². The van der Waals surface area contributed by atoms with Gasteiger partial charge in [0.25, 0.3) is 0 Å². The van der Waals surface area contributed by atoms with Crippen molar-refractivity contribution in [3.63, 3.8) is 0 Å². The molecule has 2 rings (SSSR count). The molecule has 4 N–H and O–H groups in total. The van der Waals surface area contributed by atoms with E-state index in [1.54, 1.807) is 0 Å². The van der Waals surface area contributed by atoms with Gasteiger partial charge in [-0.3, -0.25) is 10.8 Å². The topological polar surface area (TPSA) is 97.1 Å². The molecule has 1 aliphatic carbocycles. The van der Waals surface area contributed by atoms with E-state index in [4.69, 9.17) is 5.84 Å². The average molecular weight is 270 g/mol. The largest absolute Gasteiger partial charge is 0.323 e. The highest BCUT2D eigenvalue weighted by Crippen LogP contribution is 2.40. The summed E-state index contributed by atoms with van der Waals surface area (Å²) in [4.78, 5) is 3.91. The molecule has 1 saturated carbocycles. The smallest absolute Gasteiger partial charge is 0.244 e. The van der Waals surface area contributed by atoms with Gasteiger partial charge in [0.1, 0.15) is 4.90 Å². The van der Waals surface area contributed by atoms with Crippen LogP contribution in [-0.4, -0.2) is 18.9 Å². The van der Waals surface area contributed by atoms with Crippen LogP contribution in [0.5, 0.6) is 0 Å². The molecule has 0 amide bonds. The zero-order valence-corrected chi connectivity index (χ0v) is 11.3. The molecule has 0 saturated heterocycles. The lowest BCUT2D eigenvalue weighted by Gasteiger charge is -2.26. The Bertz CT molecular complexity index is 538. The van der Waals surface area contributed by atoms with Gasteiger partial charge in [0.05, 0.1) is 5.69 Å². The third kappa shape index (κ3) is 2.63. The molecule has 0 radical (unpaired) electrons. The molecule has 0 bridgehead atoms. The number of nitrogens with zero attached hydrogens (tertiary/aromatic N) is 1. The number of hydrogen-bond acceptors (Lipinski definition) is 5. The van der Waals surface area contributed by atoms with Crippen molar-refractivity contribution in [1.29, 1.82) is 0 Å². The van der Waals surface area contributed by atoms with Gasteiger partial charge in [-0.25, -0.2) is 13.1 Å². The molecular formula is C11H18N4O2S. The van der Waals surface area contributed by atoms with E-state index < -0.39 is 15.6 Å². The van der Waals surface area contributed by atoms with E-state index in [1.807, 2.05) is 13.8 Å². The second-order valence-electron chi connectivity index (χ2n) is 5.12. The summed E-state index contributed by atoms with van der Waals surface area (Å²) in [6, 6.07) is 1.53. The van der Waals surface area contributed by atoms with Crippen LogP contribution in [0.15, 0.2) is 23.4 Å². The minimum atomic E-state index is -3.62. The predicted molar refractivity (Wildman–Crippen MR) is 69.2 cm³/mol. The fourth-order valence-corrected chi connectivity index (χ4v) is 3.59. The number of aromatic nitrogens is 1.